The standard InChI is InChI=1S/C14H9N3O2.C6H15N/c1-8-2-4-9(5-3-8)12-10(6-15)13(18)17-14(19)11(12)7-16;1-4-7(5-2)6-3/h2-5H,1H3,(H2,17,18,19);4-6H2,1-3H3. The molecule has 2 aromatic rings. The molecule has 0 fully saturated rings. The van der Waals surface area contributed by atoms with Crippen molar-refractivity contribution in [2.75, 3.05) is 19.6 Å². The lowest BCUT2D eigenvalue weighted by atomic mass is 9.96. The summed E-state index contributed by atoms with van der Waals surface area (Å²) in [7, 11) is 0. The highest BCUT2D eigenvalue weighted by atomic mass is 16.3. The van der Waals surface area contributed by atoms with Gasteiger partial charge in [0.1, 0.15) is 17.7 Å². The van der Waals surface area contributed by atoms with Gasteiger partial charge in [-0.2, -0.15) is 10.5 Å². The van der Waals surface area contributed by atoms with Crippen LogP contribution in [0.4, 0.5) is 0 Å². The van der Waals surface area contributed by atoms with Gasteiger partial charge >= 0.3 is 0 Å². The zero-order chi connectivity index (χ0) is 19.7. The summed E-state index contributed by atoms with van der Waals surface area (Å²) in [6.07, 6.45) is 0. The van der Waals surface area contributed by atoms with E-state index in [0.29, 0.717) is 5.56 Å². The van der Waals surface area contributed by atoms with E-state index >= 15 is 0 Å². The molecule has 2 rings (SSSR count). The molecule has 0 aliphatic rings. The van der Waals surface area contributed by atoms with Gasteiger partial charge in [0, 0.05) is 5.56 Å². The molecule has 0 bridgehead atoms. The Kier molecular flexibility index (Phi) is 8.08. The van der Waals surface area contributed by atoms with Crippen molar-refractivity contribution in [3.8, 4) is 29.1 Å². The van der Waals surface area contributed by atoms with Crippen LogP contribution < -0.4 is 15.6 Å². The van der Waals surface area contributed by atoms with Gasteiger partial charge in [-0.05, 0) is 39.1 Å². The van der Waals surface area contributed by atoms with Crippen LogP contribution in [0.1, 0.15) is 37.5 Å². The van der Waals surface area contributed by atoms with Crippen LogP contribution in [-0.4, -0.2) is 24.6 Å². The first-order chi connectivity index (χ1) is 12.4. The molecule has 0 aliphatic heterocycles. The Morgan fingerprint density at radius 1 is 1.00 bits per heavy atom. The molecule has 1 aromatic heterocycles. The van der Waals surface area contributed by atoms with E-state index in [-0.39, 0.29) is 16.7 Å². The van der Waals surface area contributed by atoms with E-state index in [1.54, 1.807) is 41.3 Å². The minimum absolute atomic E-state index is 0.0961. The first kappa shape index (κ1) is 21.0. The summed E-state index contributed by atoms with van der Waals surface area (Å²) in [4.78, 5) is 15.3. The molecule has 6 heteroatoms. The van der Waals surface area contributed by atoms with E-state index in [4.69, 9.17) is 10.5 Å². The second-order valence-electron chi connectivity index (χ2n) is 5.81. The third kappa shape index (κ3) is 4.95. The average molecular weight is 352 g/mol. The average Bonchev–Trinajstić information content (AvgIpc) is 2.64. The maximum atomic E-state index is 11.6. The fourth-order valence-electron chi connectivity index (χ4n) is 2.55. The Balaban J connectivity index is 0.000000412. The van der Waals surface area contributed by atoms with Crippen LogP contribution >= 0.6 is 0 Å². The summed E-state index contributed by atoms with van der Waals surface area (Å²) in [5, 5.41) is 29.7. The van der Waals surface area contributed by atoms with Crippen molar-refractivity contribution in [3.63, 3.8) is 0 Å². The van der Waals surface area contributed by atoms with Crippen LogP contribution in [-0.2, 0) is 0 Å². The molecule has 0 atom stereocenters. The maximum absolute atomic E-state index is 11.6. The van der Waals surface area contributed by atoms with Crippen LogP contribution in [0.15, 0.2) is 29.1 Å². The predicted octanol–water partition coefficient (Wildman–Crippen LogP) is 1.10. The molecule has 0 unspecified atom stereocenters. The van der Waals surface area contributed by atoms with Crippen LogP contribution in [0.25, 0.3) is 11.1 Å². The number of aromatic amines is 1. The van der Waals surface area contributed by atoms with E-state index in [9.17, 15) is 9.90 Å². The lowest BCUT2D eigenvalue weighted by molar-refractivity contribution is -0.894. The van der Waals surface area contributed by atoms with Gasteiger partial charge in [-0.25, -0.2) is 0 Å². The molecular formula is C20H24N4O2. The van der Waals surface area contributed by atoms with Crippen molar-refractivity contribution in [3.05, 3.63) is 51.3 Å². The van der Waals surface area contributed by atoms with Crippen molar-refractivity contribution in [1.29, 1.82) is 10.5 Å². The zero-order valence-electron chi connectivity index (χ0n) is 15.6. The van der Waals surface area contributed by atoms with Crippen LogP contribution in [0.5, 0.6) is 5.88 Å². The smallest absolute Gasteiger partial charge is 0.266 e. The number of pyridine rings is 1. The summed E-state index contributed by atoms with van der Waals surface area (Å²) < 4.78 is 0. The molecule has 1 heterocycles. The molecule has 26 heavy (non-hydrogen) atoms. The number of quaternary nitrogens is 1. The molecule has 0 amide bonds. The lowest BCUT2D eigenvalue weighted by Gasteiger charge is -2.13. The third-order valence-electron chi connectivity index (χ3n) is 4.25. The van der Waals surface area contributed by atoms with E-state index in [1.807, 2.05) is 11.9 Å². The minimum atomic E-state index is -0.776. The molecular weight excluding hydrogens is 328 g/mol. The van der Waals surface area contributed by atoms with Gasteiger partial charge in [-0.3, -0.25) is 4.79 Å². The van der Waals surface area contributed by atoms with E-state index in [0.717, 1.165) is 5.56 Å². The number of hydrogen-bond acceptors (Lipinski definition) is 4. The van der Waals surface area contributed by atoms with Crippen LogP contribution in [0, 0.1) is 29.6 Å². The van der Waals surface area contributed by atoms with Crippen molar-refractivity contribution < 1.29 is 10.0 Å². The Morgan fingerprint density at radius 2 is 1.50 bits per heavy atom. The first-order valence-corrected chi connectivity index (χ1v) is 8.61. The van der Waals surface area contributed by atoms with Crippen molar-refractivity contribution >= 4 is 0 Å². The first-order valence-electron chi connectivity index (χ1n) is 8.61. The summed E-state index contributed by atoms with van der Waals surface area (Å²) in [6, 6.07) is 10.4. The monoisotopic (exact) mass is 352 g/mol. The SMILES string of the molecule is CC[NH+](CC)CC.Cc1ccc(-c2c(C#N)c([O-])[nH]c(=O)c2C#N)cc1. The number of benzene rings is 1. The summed E-state index contributed by atoms with van der Waals surface area (Å²) >= 11 is 0. The molecule has 6 nitrogen and oxygen atoms in total. The van der Waals surface area contributed by atoms with E-state index < -0.39 is 11.4 Å². The molecule has 1 aromatic carbocycles. The molecule has 0 spiro atoms. The molecule has 0 aliphatic carbocycles. The van der Waals surface area contributed by atoms with Gasteiger partial charge in [0.25, 0.3) is 5.56 Å². The summed E-state index contributed by atoms with van der Waals surface area (Å²) in [5.41, 5.74) is 0.371. The number of aryl methyl sites for hydroxylation is 1. The van der Waals surface area contributed by atoms with E-state index in [2.05, 4.69) is 20.8 Å². The van der Waals surface area contributed by atoms with Crippen LogP contribution in [0.2, 0.25) is 0 Å². The van der Waals surface area contributed by atoms with Crippen molar-refractivity contribution in [2.24, 2.45) is 0 Å². The van der Waals surface area contributed by atoms with Gasteiger partial charge in [-0.1, -0.05) is 29.8 Å². The predicted molar refractivity (Wildman–Crippen MR) is 98.7 cm³/mol. The quantitative estimate of drug-likeness (QED) is 0.859. The maximum Gasteiger partial charge on any atom is 0.266 e. The van der Waals surface area contributed by atoms with Gasteiger partial charge in [0.05, 0.1) is 25.2 Å². The minimum Gasteiger partial charge on any atom is -0.859 e. The second-order valence-corrected chi connectivity index (χ2v) is 5.81. The molecule has 0 saturated heterocycles. The Hall–Kier alpha value is -3.09. The fraction of sp³-hybridized carbons (Fsp3) is 0.350. The van der Waals surface area contributed by atoms with Gasteiger partial charge in [0.2, 0.25) is 0 Å². The largest absolute Gasteiger partial charge is 0.859 e. The van der Waals surface area contributed by atoms with Gasteiger partial charge in [-0.15, -0.1) is 0 Å². The Morgan fingerprint density at radius 3 is 1.88 bits per heavy atom. The number of nitrogens with zero attached hydrogens (tertiary/aromatic N) is 2. The Labute approximate surface area is 153 Å². The third-order valence-corrected chi connectivity index (χ3v) is 4.25. The molecule has 136 valence electrons. The fourth-order valence-corrected chi connectivity index (χ4v) is 2.55. The van der Waals surface area contributed by atoms with Crippen molar-refractivity contribution in [2.45, 2.75) is 27.7 Å². The topological polar surface area (TPSA) is 108 Å². The van der Waals surface area contributed by atoms with Gasteiger partial charge in [0.15, 0.2) is 0 Å². The van der Waals surface area contributed by atoms with Gasteiger partial charge < -0.3 is 15.0 Å². The van der Waals surface area contributed by atoms with E-state index in [1.165, 1.54) is 19.6 Å². The summed E-state index contributed by atoms with van der Waals surface area (Å²) in [6.45, 7) is 12.4. The Bertz CT molecular complexity index is 861. The lowest BCUT2D eigenvalue weighted by Crippen LogP contribution is -3.11. The number of hydrogen-bond donors (Lipinski definition) is 2. The summed E-state index contributed by atoms with van der Waals surface area (Å²) in [5.74, 6) is -0.776. The highest BCUT2D eigenvalue weighted by Gasteiger charge is 2.15. The second kappa shape index (κ2) is 10.0. The van der Waals surface area contributed by atoms with Crippen LogP contribution in [0.3, 0.4) is 0 Å². The number of aromatic nitrogens is 1. The number of H-pyrrole nitrogens is 1. The molecule has 2 N–H and O–H groups in total. The number of nitriles is 2. The highest BCUT2D eigenvalue weighted by molar-refractivity contribution is 5.77. The molecule has 0 saturated carbocycles. The molecule has 0 radical (unpaired) electrons. The number of rotatable bonds is 4. The number of nitrogens with one attached hydrogen (secondary N) is 2. The highest BCUT2D eigenvalue weighted by Crippen LogP contribution is 2.28. The normalized spacial score (nSPS) is 9.81. The van der Waals surface area contributed by atoms with Crippen molar-refractivity contribution in [1.82, 2.24) is 4.98 Å². The zero-order valence-corrected chi connectivity index (χ0v) is 15.6.